The first-order valence-corrected chi connectivity index (χ1v) is 30.4. The van der Waals surface area contributed by atoms with Crippen LogP contribution in [0.25, 0.3) is 22.3 Å². The number of hydrogen-bond acceptors (Lipinski definition) is 10. The monoisotopic (exact) mass is 1400 g/mol. The normalized spacial score (nSPS) is 21.2. The van der Waals surface area contributed by atoms with Gasteiger partial charge in [0.15, 0.2) is 10.3 Å². The molecule has 0 spiro atoms. The van der Waals surface area contributed by atoms with Crippen molar-refractivity contribution in [3.8, 4) is 22.3 Å². The number of aromatic nitrogens is 4. The van der Waals surface area contributed by atoms with Crippen molar-refractivity contribution in [2.24, 2.45) is 0 Å². The van der Waals surface area contributed by atoms with Crippen LogP contribution >= 0.6 is 23.5 Å². The quantitative estimate of drug-likeness (QED) is 0.0295. The van der Waals surface area contributed by atoms with Crippen molar-refractivity contribution in [2.45, 2.75) is 140 Å². The van der Waals surface area contributed by atoms with Gasteiger partial charge in [0.05, 0.1) is 41.3 Å². The molecule has 0 unspecified atom stereocenters. The Bertz CT molecular complexity index is 6070. The van der Waals surface area contributed by atoms with Crippen LogP contribution in [0.2, 0.25) is 0 Å². The van der Waals surface area contributed by atoms with Crippen molar-refractivity contribution in [1.29, 1.82) is 0 Å². The average molecular weight is 1400 g/mol. The molecule has 0 radical (unpaired) electrons. The summed E-state index contributed by atoms with van der Waals surface area (Å²) < 4.78 is 442. The number of hydrogen-bond donors (Lipinski definition) is 0. The number of amides is 2. The molecule has 0 bridgehead atoms. The molecular formula is C74H80F8N8O4S2. The van der Waals surface area contributed by atoms with E-state index < -0.39 is 334 Å². The fraction of sp³-hybridized carbons (Fsp3) is 0.378. The molecule has 6 aromatic carbocycles. The number of carbonyl (C=O) groups excluding carboxylic acids is 2. The van der Waals surface area contributed by atoms with Gasteiger partial charge < -0.3 is 28.7 Å². The third-order valence-electron chi connectivity index (χ3n) is 13.9. The number of alkyl halides is 6. The second-order valence-corrected chi connectivity index (χ2v) is 21.8. The summed E-state index contributed by atoms with van der Waals surface area (Å²) in [6.07, 6.45) is -20.7. The van der Waals surface area contributed by atoms with Crippen LogP contribution in [0.3, 0.4) is 0 Å². The molecule has 2 aliphatic carbocycles. The number of nitrogens with zero attached hydrogens (tertiary/aromatic N) is 8. The molecular weight excluding hydrogens is 1280 g/mol. The zero-order valence-corrected chi connectivity index (χ0v) is 53.1. The van der Waals surface area contributed by atoms with Crippen LogP contribution in [0.15, 0.2) is 153 Å². The van der Waals surface area contributed by atoms with Gasteiger partial charge in [-0.05, 0) is 170 Å². The van der Waals surface area contributed by atoms with Crippen molar-refractivity contribution >= 4 is 35.3 Å². The van der Waals surface area contributed by atoms with E-state index >= 15 is 4.79 Å². The highest BCUT2D eigenvalue weighted by Gasteiger charge is 2.34. The van der Waals surface area contributed by atoms with Gasteiger partial charge in [-0.25, -0.2) is 8.78 Å². The number of likely N-dealkylation sites (N-methyl/N-ethyl adjacent to an activating group) is 2. The minimum Gasteiger partial charge on any atom is -0.336 e. The van der Waals surface area contributed by atoms with E-state index in [0.29, 0.717) is 23.1 Å². The zero-order valence-electron chi connectivity index (χ0n) is 89.4. The number of fused-ring (bicyclic) bond motifs is 2. The Hall–Kier alpha value is -7.92. The van der Waals surface area contributed by atoms with E-state index in [0.717, 1.165) is 54.5 Å². The third kappa shape index (κ3) is 18.8. The summed E-state index contributed by atoms with van der Waals surface area (Å²) in [7, 11) is 0. The van der Waals surface area contributed by atoms with Gasteiger partial charge in [-0.15, -0.1) is 0 Å². The van der Waals surface area contributed by atoms with Gasteiger partial charge >= 0.3 is 12.4 Å². The lowest BCUT2D eigenvalue weighted by atomic mass is 9.98. The smallest absolute Gasteiger partial charge is 0.336 e. The Morgan fingerprint density at radius 2 is 0.990 bits per heavy atom. The molecule has 22 heteroatoms. The largest absolute Gasteiger partial charge is 0.416 e. The number of rotatable bonds is 26. The summed E-state index contributed by atoms with van der Waals surface area (Å²) in [5, 5.41) is -1.59. The lowest BCUT2D eigenvalue weighted by Crippen LogP contribution is -2.40. The van der Waals surface area contributed by atoms with Gasteiger partial charge in [0.1, 0.15) is 24.7 Å². The van der Waals surface area contributed by atoms with Crippen molar-refractivity contribution in [3.05, 3.63) is 232 Å². The summed E-state index contributed by atoms with van der Waals surface area (Å²) in [5.74, 6) is -5.52. The highest BCUT2D eigenvalue weighted by Crippen LogP contribution is 2.37. The van der Waals surface area contributed by atoms with Crippen LogP contribution in [-0.4, -0.2) is 103 Å². The number of thioether (sulfide) groups is 2. The van der Waals surface area contributed by atoms with Crippen molar-refractivity contribution in [1.82, 2.24) is 38.7 Å². The molecule has 2 aromatic heterocycles. The minimum atomic E-state index is -5.25. The van der Waals surface area contributed by atoms with Crippen molar-refractivity contribution in [2.75, 3.05) is 52.1 Å². The highest BCUT2D eigenvalue weighted by molar-refractivity contribution is 7.98. The Labute approximate surface area is 617 Å². The summed E-state index contributed by atoms with van der Waals surface area (Å²) in [6, 6.07) is -17.6. The fourth-order valence-corrected chi connectivity index (χ4v) is 10.5. The summed E-state index contributed by atoms with van der Waals surface area (Å²) in [5.41, 5.74) is -22.4. The zero-order chi connectivity index (χ0) is 102. The molecule has 0 N–H and O–H groups in total. The second-order valence-electron chi connectivity index (χ2n) is 20.3. The van der Waals surface area contributed by atoms with Gasteiger partial charge in [0.2, 0.25) is 11.8 Å². The van der Waals surface area contributed by atoms with Gasteiger partial charge in [-0.2, -0.15) is 36.3 Å². The predicted molar refractivity (Wildman–Crippen MR) is 363 cm³/mol. The molecule has 96 heavy (non-hydrogen) atoms. The van der Waals surface area contributed by atoms with E-state index in [1.807, 2.05) is 0 Å². The minimum absolute atomic E-state index is 0.0325. The molecule has 12 nitrogen and oxygen atoms in total. The molecule has 0 saturated heterocycles. The van der Waals surface area contributed by atoms with Crippen molar-refractivity contribution in [3.63, 3.8) is 0 Å². The standard InChI is InChI=1S/2C37H40F4N4O2S/c2*1-4-43(5-2)19-20-44(22-26-9-13-28(14-10-26)29-15-18-32(25(3)21-29)37(39,40)41)34(46)23-45-33-8-6-7-31(33)35(47)42-36(45)48-24-27-11-16-30(38)17-12-27/h2*9-18,21H,4-8,19-20,22-24H2,1-3H3/i6D2,7D2,8D2,9D,10D,11D,12D,13D,14D,15D,16D,17D,18D,19D2,20D2,21D,24D2;4D2,9D,10D,13D,14D,15D,18D,19D2,20D2,21D,24D2. The molecule has 2 amide bonds. The first-order chi connectivity index (χ1) is 60.9. The van der Waals surface area contributed by atoms with E-state index in [2.05, 4.69) is 9.97 Å². The maximum Gasteiger partial charge on any atom is 0.416 e. The Kier molecular flexibility index (Phi) is 12.7. The topological polar surface area (TPSA) is 117 Å². The molecule has 0 atom stereocenters. The van der Waals surface area contributed by atoms with Crippen LogP contribution in [0.1, 0.15) is 160 Å². The number of carbonyl (C=O) groups is 2. The van der Waals surface area contributed by atoms with Crippen molar-refractivity contribution < 1.29 is 96.8 Å². The number of halogens is 8. The Morgan fingerprint density at radius 3 is 1.47 bits per heavy atom. The van der Waals surface area contributed by atoms with Crippen LogP contribution in [0, 0.1) is 25.5 Å². The molecule has 508 valence electrons. The van der Waals surface area contributed by atoms with E-state index in [4.69, 9.17) is 46.6 Å². The molecule has 0 aliphatic heterocycles. The lowest BCUT2D eigenvalue weighted by molar-refractivity contribution is -0.138. The van der Waals surface area contributed by atoms with Gasteiger partial charge in [-0.1, -0.05) is 148 Å². The van der Waals surface area contributed by atoms with Gasteiger partial charge in [0.25, 0.3) is 11.1 Å². The first-order valence-electron chi connectivity index (χ1n) is 47.8. The van der Waals surface area contributed by atoms with Crippen LogP contribution in [-0.2, 0) is 85.1 Å². The summed E-state index contributed by atoms with van der Waals surface area (Å²) >= 11 is -0.00302. The lowest BCUT2D eigenvalue weighted by Gasteiger charge is -2.28. The molecule has 0 fully saturated rings. The van der Waals surface area contributed by atoms with Gasteiger partial charge in [-0.3, -0.25) is 19.2 Å². The molecule has 0 saturated carbocycles. The molecule has 10 rings (SSSR count). The van der Waals surface area contributed by atoms with Crippen LogP contribution in [0.5, 0.6) is 0 Å². The van der Waals surface area contributed by atoms with Gasteiger partial charge in [0, 0.05) is 94.9 Å². The van der Waals surface area contributed by atoms with Crippen LogP contribution < -0.4 is 11.1 Å². The van der Waals surface area contributed by atoms with E-state index in [1.165, 1.54) is 20.8 Å². The van der Waals surface area contributed by atoms with E-state index in [1.54, 1.807) is 0 Å². The third-order valence-corrected chi connectivity index (χ3v) is 15.5. The summed E-state index contributed by atoms with van der Waals surface area (Å²) in [4.78, 5) is 65.8. The fourth-order valence-electron chi connectivity index (χ4n) is 9.02. The maximum absolute atomic E-state index is 15.0. The average Bonchev–Trinajstić information content (AvgIpc) is 1.51. The Morgan fingerprint density at radius 1 is 0.542 bits per heavy atom. The highest BCUT2D eigenvalue weighted by atomic mass is 32.2. The first kappa shape index (κ1) is 37.2. The Balaban J connectivity index is 0.000000303. The molecule has 2 aliphatic rings. The number of benzene rings is 6. The van der Waals surface area contributed by atoms with E-state index in [-0.39, 0.29) is 68.9 Å². The van der Waals surface area contributed by atoms with Crippen LogP contribution in [0.4, 0.5) is 35.1 Å². The summed E-state index contributed by atoms with van der Waals surface area (Å²) in [6.45, 7) is -16.6. The second kappa shape index (κ2) is 32.9. The molecule has 8 aromatic rings. The van der Waals surface area contributed by atoms with E-state index in [9.17, 15) is 55.0 Å². The predicted octanol–water partition coefficient (Wildman–Crippen LogP) is 15.1. The molecule has 2 heterocycles. The maximum atomic E-state index is 15.0. The SMILES string of the molecule is [2H]c1c([2H])c(-c2c([2H])c([2H])c(C(F)(F)F)c(C)c2[2H])c([2H])c([2H])c1CN(C(=O)Cn1c(SC([2H])([2H])c2ccc(F)cc2)nc(=O)c2c1CCC2)C([2H])([2H])C([2H])([2H])N(CC)C([2H])([2H])C.[2H]c1c([2H])c(C([2H])([2H])Sc2nc(=O)c3c(n2CC(=O)N(Cc2c([2H])c([2H])c(-c4c([2H])c([2H])c(C(F)(F)F)c(C)c4[2H])c([2H])c2[2H])C([2H])([2H])C([2H])([2H])N(CC)CC)C([2H])([2H])C([2H])([2H])C3([2H])[2H])c([2H])c([2H])c1F.